The minimum atomic E-state index is 0.0555. The molecule has 130 valence electrons. The number of carbonyl (C=O) groups excluding carboxylic acids is 1. The average Bonchev–Trinajstić information content (AvgIpc) is 3.06. The molecular weight excluding hydrogens is 310 g/mol. The highest BCUT2D eigenvalue weighted by Crippen LogP contribution is 2.35. The van der Waals surface area contributed by atoms with Crippen molar-refractivity contribution < 1.29 is 4.79 Å². The van der Waals surface area contributed by atoms with Crippen LogP contribution < -0.4 is 10.2 Å². The first-order valence-electron chi connectivity index (χ1n) is 9.38. The van der Waals surface area contributed by atoms with E-state index in [2.05, 4.69) is 45.5 Å². The van der Waals surface area contributed by atoms with E-state index >= 15 is 0 Å². The van der Waals surface area contributed by atoms with Gasteiger partial charge in [0, 0.05) is 19.5 Å². The first-order chi connectivity index (χ1) is 12.3. The van der Waals surface area contributed by atoms with Gasteiger partial charge in [0.15, 0.2) is 0 Å². The second-order valence-corrected chi connectivity index (χ2v) is 7.14. The Hall–Kier alpha value is -2.36. The zero-order chi connectivity index (χ0) is 17.1. The number of aryl methyl sites for hydroxylation is 1. The molecule has 25 heavy (non-hydrogen) atoms. The maximum atomic E-state index is 12.4. The number of nitrogens with zero attached hydrogens (tertiary/aromatic N) is 2. The summed E-state index contributed by atoms with van der Waals surface area (Å²) >= 11 is 0. The molecule has 0 spiro atoms. The summed E-state index contributed by atoms with van der Waals surface area (Å²) < 4.78 is 0. The Kier molecular flexibility index (Phi) is 4.68. The number of pyridine rings is 1. The lowest BCUT2D eigenvalue weighted by atomic mass is 9.97. The third-order valence-electron chi connectivity index (χ3n) is 5.43. The second kappa shape index (κ2) is 7.26. The van der Waals surface area contributed by atoms with Crippen molar-refractivity contribution in [2.45, 2.75) is 44.4 Å². The molecule has 2 aromatic rings. The van der Waals surface area contributed by atoms with E-state index < -0.39 is 0 Å². The van der Waals surface area contributed by atoms with E-state index in [4.69, 9.17) is 0 Å². The van der Waals surface area contributed by atoms with Gasteiger partial charge < -0.3 is 10.2 Å². The minimum absolute atomic E-state index is 0.0555. The molecule has 4 heteroatoms. The Morgan fingerprint density at radius 3 is 2.76 bits per heavy atom. The minimum Gasteiger partial charge on any atom is -0.370 e. The smallest absolute Gasteiger partial charge is 0.226 e. The molecule has 2 aliphatic rings. The van der Waals surface area contributed by atoms with Crippen LogP contribution in [0.3, 0.4) is 0 Å². The second-order valence-electron chi connectivity index (χ2n) is 7.14. The van der Waals surface area contributed by atoms with Crippen molar-refractivity contribution in [3.05, 3.63) is 53.7 Å². The van der Waals surface area contributed by atoms with Gasteiger partial charge >= 0.3 is 0 Å². The quantitative estimate of drug-likeness (QED) is 0.914. The van der Waals surface area contributed by atoms with E-state index in [1.807, 2.05) is 12.3 Å². The lowest BCUT2D eigenvalue weighted by Gasteiger charge is -2.28. The summed E-state index contributed by atoms with van der Waals surface area (Å²) in [5.74, 6) is 1.04. The Morgan fingerprint density at radius 2 is 1.96 bits per heavy atom. The lowest BCUT2D eigenvalue weighted by Crippen LogP contribution is -2.29. The van der Waals surface area contributed by atoms with E-state index in [0.717, 1.165) is 31.6 Å². The predicted molar refractivity (Wildman–Crippen MR) is 101 cm³/mol. The van der Waals surface area contributed by atoms with Crippen molar-refractivity contribution >= 4 is 17.4 Å². The van der Waals surface area contributed by atoms with E-state index in [9.17, 15) is 4.79 Å². The first kappa shape index (κ1) is 16.1. The van der Waals surface area contributed by atoms with Crippen molar-refractivity contribution in [2.24, 2.45) is 0 Å². The SMILES string of the molecule is O=C(CC1CCc2ccccc21)Nc1ccc(N2CCCCC2)cn1. The summed E-state index contributed by atoms with van der Waals surface area (Å²) in [6.07, 6.45) is 8.38. The number of hydrogen-bond acceptors (Lipinski definition) is 3. The molecule has 1 amide bonds. The summed E-state index contributed by atoms with van der Waals surface area (Å²) in [5.41, 5.74) is 3.89. The Balaban J connectivity index is 1.35. The van der Waals surface area contributed by atoms with Crippen molar-refractivity contribution in [2.75, 3.05) is 23.3 Å². The molecule has 1 aromatic heterocycles. The number of piperidine rings is 1. The number of amides is 1. The zero-order valence-electron chi connectivity index (χ0n) is 14.6. The number of anilines is 2. The molecule has 1 unspecified atom stereocenters. The molecule has 0 saturated carbocycles. The standard InChI is InChI=1S/C21H25N3O/c25-21(14-17-9-8-16-6-2-3-7-19(16)17)23-20-11-10-18(15-22-20)24-12-4-1-5-13-24/h2-3,6-7,10-11,15,17H,1,4-5,8-9,12-14H2,(H,22,23,25). The maximum absolute atomic E-state index is 12.4. The molecule has 1 N–H and O–H groups in total. The Labute approximate surface area is 149 Å². The zero-order valence-corrected chi connectivity index (χ0v) is 14.6. The van der Waals surface area contributed by atoms with Crippen molar-refractivity contribution in [1.82, 2.24) is 4.98 Å². The van der Waals surface area contributed by atoms with Crippen molar-refractivity contribution in [1.29, 1.82) is 0 Å². The molecule has 1 fully saturated rings. The number of nitrogens with one attached hydrogen (secondary N) is 1. The van der Waals surface area contributed by atoms with Gasteiger partial charge in [-0.2, -0.15) is 0 Å². The van der Waals surface area contributed by atoms with Gasteiger partial charge in [-0.1, -0.05) is 24.3 Å². The van der Waals surface area contributed by atoms with Gasteiger partial charge in [0.1, 0.15) is 5.82 Å². The number of rotatable bonds is 4. The average molecular weight is 335 g/mol. The highest BCUT2D eigenvalue weighted by molar-refractivity contribution is 5.90. The molecule has 2 heterocycles. The molecule has 1 aromatic carbocycles. The van der Waals surface area contributed by atoms with Crippen LogP contribution in [0.1, 0.15) is 49.1 Å². The van der Waals surface area contributed by atoms with Gasteiger partial charge in [0.05, 0.1) is 11.9 Å². The molecule has 4 rings (SSSR count). The molecular formula is C21H25N3O. The largest absolute Gasteiger partial charge is 0.370 e. The molecule has 1 aliphatic heterocycles. The molecule has 1 aliphatic carbocycles. The van der Waals surface area contributed by atoms with Gasteiger partial charge in [0.2, 0.25) is 5.91 Å². The highest BCUT2D eigenvalue weighted by atomic mass is 16.1. The van der Waals surface area contributed by atoms with Crippen LogP contribution >= 0.6 is 0 Å². The van der Waals surface area contributed by atoms with E-state index in [0.29, 0.717) is 18.2 Å². The van der Waals surface area contributed by atoms with Crippen LogP contribution in [0, 0.1) is 0 Å². The fourth-order valence-electron chi connectivity index (χ4n) is 4.07. The number of aromatic nitrogens is 1. The number of carbonyl (C=O) groups is 1. The first-order valence-corrected chi connectivity index (χ1v) is 9.38. The summed E-state index contributed by atoms with van der Waals surface area (Å²) in [6, 6.07) is 12.5. The fraction of sp³-hybridized carbons (Fsp3) is 0.429. The summed E-state index contributed by atoms with van der Waals surface area (Å²) in [5, 5.41) is 2.96. The lowest BCUT2D eigenvalue weighted by molar-refractivity contribution is -0.116. The van der Waals surface area contributed by atoms with Crippen molar-refractivity contribution in [3.63, 3.8) is 0 Å². The van der Waals surface area contributed by atoms with Crippen LogP contribution in [-0.2, 0) is 11.2 Å². The van der Waals surface area contributed by atoms with Gasteiger partial charge in [-0.3, -0.25) is 4.79 Å². The molecule has 0 bridgehead atoms. The summed E-state index contributed by atoms with van der Waals surface area (Å²) in [7, 11) is 0. The Morgan fingerprint density at radius 1 is 1.12 bits per heavy atom. The summed E-state index contributed by atoms with van der Waals surface area (Å²) in [4.78, 5) is 19.2. The molecule has 1 atom stereocenters. The van der Waals surface area contributed by atoms with Gasteiger partial charge in [0.25, 0.3) is 0 Å². The van der Waals surface area contributed by atoms with Crippen LogP contribution in [0.5, 0.6) is 0 Å². The number of benzene rings is 1. The van der Waals surface area contributed by atoms with E-state index in [1.165, 1.54) is 30.4 Å². The van der Waals surface area contributed by atoms with Crippen LogP contribution in [0.15, 0.2) is 42.6 Å². The summed E-state index contributed by atoms with van der Waals surface area (Å²) in [6.45, 7) is 2.21. The van der Waals surface area contributed by atoms with Crippen LogP contribution in [0.2, 0.25) is 0 Å². The van der Waals surface area contributed by atoms with Gasteiger partial charge in [-0.15, -0.1) is 0 Å². The van der Waals surface area contributed by atoms with Gasteiger partial charge in [-0.05, 0) is 61.3 Å². The molecule has 4 nitrogen and oxygen atoms in total. The number of fused-ring (bicyclic) bond motifs is 1. The van der Waals surface area contributed by atoms with Crippen LogP contribution in [-0.4, -0.2) is 24.0 Å². The van der Waals surface area contributed by atoms with Crippen molar-refractivity contribution in [3.8, 4) is 0 Å². The Bertz CT molecular complexity index is 735. The van der Waals surface area contributed by atoms with E-state index in [-0.39, 0.29) is 5.91 Å². The normalized spacial score (nSPS) is 19.5. The van der Waals surface area contributed by atoms with Gasteiger partial charge in [-0.25, -0.2) is 4.98 Å². The topological polar surface area (TPSA) is 45.2 Å². The third-order valence-corrected chi connectivity index (χ3v) is 5.43. The van der Waals surface area contributed by atoms with Crippen LogP contribution in [0.25, 0.3) is 0 Å². The third kappa shape index (κ3) is 3.68. The predicted octanol–water partition coefficient (Wildman–Crippen LogP) is 4.13. The highest BCUT2D eigenvalue weighted by Gasteiger charge is 2.24. The molecule has 1 saturated heterocycles. The number of hydrogen-bond donors (Lipinski definition) is 1. The monoisotopic (exact) mass is 335 g/mol. The molecule has 0 radical (unpaired) electrons. The van der Waals surface area contributed by atoms with Crippen LogP contribution in [0.4, 0.5) is 11.5 Å². The fourth-order valence-corrected chi connectivity index (χ4v) is 4.07. The maximum Gasteiger partial charge on any atom is 0.226 e. The van der Waals surface area contributed by atoms with E-state index in [1.54, 1.807) is 0 Å².